The van der Waals surface area contributed by atoms with Crippen LogP contribution in [-0.2, 0) is 6.54 Å². The molecule has 0 bridgehead atoms. The van der Waals surface area contributed by atoms with Gasteiger partial charge in [0.05, 0.1) is 26.2 Å². The third-order valence-corrected chi connectivity index (χ3v) is 4.36. The second kappa shape index (κ2) is 5.54. The average molecular weight is 287 g/mol. The summed E-state index contributed by atoms with van der Waals surface area (Å²) in [5, 5.41) is 2.08. The van der Waals surface area contributed by atoms with E-state index < -0.39 is 0 Å². The molecule has 4 nitrogen and oxygen atoms in total. The van der Waals surface area contributed by atoms with Gasteiger partial charge >= 0.3 is 0 Å². The fourth-order valence-corrected chi connectivity index (χ4v) is 3.20. The highest BCUT2D eigenvalue weighted by atomic mass is 32.1. The summed E-state index contributed by atoms with van der Waals surface area (Å²) in [7, 11) is 1.70. The Morgan fingerprint density at radius 1 is 1.35 bits per heavy atom. The lowest BCUT2D eigenvalue weighted by atomic mass is 10.0. The monoisotopic (exact) mass is 287 g/mol. The summed E-state index contributed by atoms with van der Waals surface area (Å²) >= 11 is 1.74. The fourth-order valence-electron chi connectivity index (χ4n) is 2.50. The standard InChI is InChI=1S/C15H17N3OS/c1-19-14-7-3-2-6-12(14)13-9-17-15(16)18(13)10-11-5-4-8-20-11/h2-8,13H,9-10H2,1H3,(H2,16,17). The molecule has 1 aromatic carbocycles. The summed E-state index contributed by atoms with van der Waals surface area (Å²) in [6, 6.07) is 12.4. The summed E-state index contributed by atoms with van der Waals surface area (Å²) < 4.78 is 5.46. The Kier molecular flexibility index (Phi) is 3.60. The smallest absolute Gasteiger partial charge is 0.192 e. The molecule has 2 N–H and O–H groups in total. The predicted molar refractivity (Wildman–Crippen MR) is 82.1 cm³/mol. The van der Waals surface area contributed by atoms with E-state index in [0.717, 1.165) is 17.9 Å². The van der Waals surface area contributed by atoms with Crippen molar-refractivity contribution in [3.8, 4) is 5.75 Å². The van der Waals surface area contributed by atoms with E-state index >= 15 is 0 Å². The number of aliphatic imine (C=N–C) groups is 1. The fraction of sp³-hybridized carbons (Fsp3) is 0.267. The maximum absolute atomic E-state index is 6.05. The van der Waals surface area contributed by atoms with Crippen molar-refractivity contribution in [2.24, 2.45) is 10.7 Å². The topological polar surface area (TPSA) is 50.9 Å². The normalized spacial score (nSPS) is 18.1. The van der Waals surface area contributed by atoms with E-state index in [2.05, 4.69) is 33.5 Å². The molecule has 0 saturated carbocycles. The Balaban J connectivity index is 1.89. The Morgan fingerprint density at radius 2 is 2.20 bits per heavy atom. The van der Waals surface area contributed by atoms with E-state index in [1.165, 1.54) is 4.88 Å². The summed E-state index contributed by atoms with van der Waals surface area (Å²) in [4.78, 5) is 7.83. The molecule has 1 unspecified atom stereocenters. The zero-order chi connectivity index (χ0) is 13.9. The molecule has 2 heterocycles. The minimum atomic E-state index is 0.147. The molecule has 0 aliphatic carbocycles. The minimum Gasteiger partial charge on any atom is -0.496 e. The molecule has 1 aliphatic rings. The number of thiophene rings is 1. The third kappa shape index (κ3) is 2.36. The second-order valence-corrected chi connectivity index (χ2v) is 5.70. The van der Waals surface area contributed by atoms with Crippen LogP contribution >= 0.6 is 11.3 Å². The van der Waals surface area contributed by atoms with Gasteiger partial charge in [-0.15, -0.1) is 11.3 Å². The molecule has 1 atom stereocenters. The first-order valence-electron chi connectivity index (χ1n) is 6.51. The van der Waals surface area contributed by atoms with Crippen LogP contribution in [0.3, 0.4) is 0 Å². The summed E-state index contributed by atoms with van der Waals surface area (Å²) in [5.74, 6) is 1.49. The number of rotatable bonds is 4. The van der Waals surface area contributed by atoms with Crippen molar-refractivity contribution < 1.29 is 4.74 Å². The first-order chi connectivity index (χ1) is 9.79. The largest absolute Gasteiger partial charge is 0.496 e. The molecule has 0 amide bonds. The van der Waals surface area contributed by atoms with Gasteiger partial charge in [0, 0.05) is 10.4 Å². The van der Waals surface area contributed by atoms with Gasteiger partial charge in [0.2, 0.25) is 0 Å². The van der Waals surface area contributed by atoms with Gasteiger partial charge in [0.25, 0.3) is 0 Å². The zero-order valence-electron chi connectivity index (χ0n) is 11.3. The number of ether oxygens (including phenoxy) is 1. The van der Waals surface area contributed by atoms with E-state index in [9.17, 15) is 0 Å². The Hall–Kier alpha value is -2.01. The highest BCUT2D eigenvalue weighted by Crippen LogP contribution is 2.33. The van der Waals surface area contributed by atoms with E-state index in [-0.39, 0.29) is 6.04 Å². The van der Waals surface area contributed by atoms with Crippen LogP contribution in [0.2, 0.25) is 0 Å². The number of nitrogens with zero attached hydrogens (tertiary/aromatic N) is 2. The number of guanidine groups is 1. The van der Waals surface area contributed by atoms with Crippen LogP contribution in [0.5, 0.6) is 5.75 Å². The molecule has 1 aromatic heterocycles. The van der Waals surface area contributed by atoms with Crippen LogP contribution in [0.1, 0.15) is 16.5 Å². The Bertz CT molecular complexity index is 609. The summed E-state index contributed by atoms with van der Waals surface area (Å²) in [6.07, 6.45) is 0. The van der Waals surface area contributed by atoms with Crippen molar-refractivity contribution >= 4 is 17.3 Å². The predicted octanol–water partition coefficient (Wildman–Crippen LogP) is 2.63. The quantitative estimate of drug-likeness (QED) is 0.940. The molecular weight excluding hydrogens is 270 g/mol. The van der Waals surface area contributed by atoms with E-state index in [0.29, 0.717) is 12.5 Å². The van der Waals surface area contributed by atoms with Crippen molar-refractivity contribution in [1.29, 1.82) is 0 Å². The van der Waals surface area contributed by atoms with Crippen LogP contribution in [0.25, 0.3) is 0 Å². The molecule has 1 aliphatic heterocycles. The number of hydrogen-bond acceptors (Lipinski definition) is 5. The maximum Gasteiger partial charge on any atom is 0.192 e. The lowest BCUT2D eigenvalue weighted by molar-refractivity contribution is 0.327. The van der Waals surface area contributed by atoms with Gasteiger partial charge in [-0.25, -0.2) is 0 Å². The molecule has 20 heavy (non-hydrogen) atoms. The molecule has 2 aromatic rings. The molecular formula is C15H17N3OS. The zero-order valence-corrected chi connectivity index (χ0v) is 12.1. The van der Waals surface area contributed by atoms with Gasteiger partial charge in [0.1, 0.15) is 5.75 Å². The van der Waals surface area contributed by atoms with Crippen molar-refractivity contribution in [3.63, 3.8) is 0 Å². The number of benzene rings is 1. The highest BCUT2D eigenvalue weighted by molar-refractivity contribution is 7.09. The molecule has 5 heteroatoms. The molecule has 3 rings (SSSR count). The first-order valence-corrected chi connectivity index (χ1v) is 7.39. The van der Waals surface area contributed by atoms with Crippen LogP contribution in [0, 0.1) is 0 Å². The van der Waals surface area contributed by atoms with Crippen LogP contribution < -0.4 is 10.5 Å². The molecule has 104 valence electrons. The SMILES string of the molecule is COc1ccccc1C1CN=C(N)N1Cc1cccs1. The minimum absolute atomic E-state index is 0.147. The van der Waals surface area contributed by atoms with Crippen LogP contribution in [-0.4, -0.2) is 24.5 Å². The lowest BCUT2D eigenvalue weighted by Crippen LogP contribution is -2.35. The van der Waals surface area contributed by atoms with E-state index in [1.54, 1.807) is 18.4 Å². The van der Waals surface area contributed by atoms with Crippen molar-refractivity contribution in [2.45, 2.75) is 12.6 Å². The summed E-state index contributed by atoms with van der Waals surface area (Å²) in [6.45, 7) is 1.47. The van der Waals surface area contributed by atoms with Crippen LogP contribution in [0.4, 0.5) is 0 Å². The van der Waals surface area contributed by atoms with Gasteiger partial charge in [0.15, 0.2) is 5.96 Å². The van der Waals surface area contributed by atoms with E-state index in [1.807, 2.05) is 18.2 Å². The highest BCUT2D eigenvalue weighted by Gasteiger charge is 2.29. The second-order valence-electron chi connectivity index (χ2n) is 4.66. The number of para-hydroxylation sites is 1. The summed E-state index contributed by atoms with van der Waals surface area (Å²) in [5.41, 5.74) is 7.19. The lowest BCUT2D eigenvalue weighted by Gasteiger charge is -2.27. The van der Waals surface area contributed by atoms with Crippen molar-refractivity contribution in [1.82, 2.24) is 4.90 Å². The molecule has 0 saturated heterocycles. The van der Waals surface area contributed by atoms with Gasteiger partial charge < -0.3 is 15.4 Å². The van der Waals surface area contributed by atoms with Crippen molar-refractivity contribution in [3.05, 3.63) is 52.2 Å². The van der Waals surface area contributed by atoms with Gasteiger partial charge in [-0.3, -0.25) is 4.99 Å². The average Bonchev–Trinajstić information content (AvgIpc) is 3.11. The van der Waals surface area contributed by atoms with E-state index in [4.69, 9.17) is 10.5 Å². The molecule has 0 fully saturated rings. The number of methoxy groups -OCH3 is 1. The van der Waals surface area contributed by atoms with Crippen LogP contribution in [0.15, 0.2) is 46.8 Å². The molecule has 0 radical (unpaired) electrons. The maximum atomic E-state index is 6.05. The Labute approximate surface area is 122 Å². The first kappa shape index (κ1) is 13.0. The number of nitrogens with two attached hydrogens (primary N) is 1. The van der Waals surface area contributed by atoms with Gasteiger partial charge in [-0.05, 0) is 17.5 Å². The third-order valence-electron chi connectivity index (χ3n) is 3.50. The van der Waals surface area contributed by atoms with Gasteiger partial charge in [-0.1, -0.05) is 24.3 Å². The Morgan fingerprint density at radius 3 is 2.95 bits per heavy atom. The van der Waals surface area contributed by atoms with Crippen molar-refractivity contribution in [2.75, 3.05) is 13.7 Å². The van der Waals surface area contributed by atoms with Gasteiger partial charge in [-0.2, -0.15) is 0 Å². The molecule has 0 spiro atoms. The number of hydrogen-bond donors (Lipinski definition) is 1.